The number of nitrogens with one attached hydrogen (secondary N) is 2. The van der Waals surface area contributed by atoms with Gasteiger partial charge < -0.3 is 5.32 Å². The maximum absolute atomic E-state index is 11.9. The molecule has 3 nitrogen and oxygen atoms in total. The summed E-state index contributed by atoms with van der Waals surface area (Å²) in [6.45, 7) is 6.97. The van der Waals surface area contributed by atoms with Gasteiger partial charge in [0.25, 0.3) is 0 Å². The largest absolute Gasteiger partial charge is 0.340 e. The SMILES string of the molecule is CC(C)(C)C(=O)NC1NCC2CCCC21. The molecule has 2 fully saturated rings. The van der Waals surface area contributed by atoms with Crippen molar-refractivity contribution in [1.82, 2.24) is 10.6 Å². The van der Waals surface area contributed by atoms with Crippen LogP contribution in [0, 0.1) is 17.3 Å². The molecule has 2 N–H and O–H groups in total. The molecule has 2 aliphatic rings. The number of carbonyl (C=O) groups is 1. The summed E-state index contributed by atoms with van der Waals surface area (Å²) in [4.78, 5) is 11.9. The van der Waals surface area contributed by atoms with Crippen LogP contribution in [0.3, 0.4) is 0 Å². The Labute approximate surface area is 92.0 Å². The van der Waals surface area contributed by atoms with E-state index in [9.17, 15) is 4.79 Å². The van der Waals surface area contributed by atoms with E-state index in [1.165, 1.54) is 19.3 Å². The first-order valence-corrected chi connectivity index (χ1v) is 6.03. The third-order valence-corrected chi connectivity index (χ3v) is 3.71. The lowest BCUT2D eigenvalue weighted by Crippen LogP contribution is -2.48. The molecule has 1 heterocycles. The summed E-state index contributed by atoms with van der Waals surface area (Å²) >= 11 is 0. The van der Waals surface area contributed by atoms with Crippen LogP contribution in [0.2, 0.25) is 0 Å². The second-order valence-electron chi connectivity index (χ2n) is 5.96. The number of fused-ring (bicyclic) bond motifs is 1. The molecule has 0 bridgehead atoms. The molecule has 1 amide bonds. The van der Waals surface area contributed by atoms with Gasteiger partial charge in [-0.3, -0.25) is 10.1 Å². The molecule has 3 heteroatoms. The van der Waals surface area contributed by atoms with E-state index in [4.69, 9.17) is 0 Å². The molecule has 1 aliphatic heterocycles. The van der Waals surface area contributed by atoms with Crippen molar-refractivity contribution >= 4 is 5.91 Å². The van der Waals surface area contributed by atoms with E-state index < -0.39 is 0 Å². The van der Waals surface area contributed by atoms with Gasteiger partial charge in [0, 0.05) is 12.0 Å². The van der Waals surface area contributed by atoms with Crippen LogP contribution in [-0.2, 0) is 4.79 Å². The minimum atomic E-state index is -0.279. The van der Waals surface area contributed by atoms with E-state index in [1.54, 1.807) is 0 Å². The number of amides is 1. The van der Waals surface area contributed by atoms with Crippen molar-refractivity contribution in [1.29, 1.82) is 0 Å². The van der Waals surface area contributed by atoms with Crippen LogP contribution in [0.15, 0.2) is 0 Å². The lowest BCUT2D eigenvalue weighted by molar-refractivity contribution is -0.129. The monoisotopic (exact) mass is 210 g/mol. The maximum atomic E-state index is 11.9. The number of rotatable bonds is 1. The Hall–Kier alpha value is -0.570. The molecule has 1 saturated heterocycles. The van der Waals surface area contributed by atoms with Crippen LogP contribution in [0.5, 0.6) is 0 Å². The normalized spacial score (nSPS) is 35.3. The smallest absolute Gasteiger partial charge is 0.226 e. The number of hydrogen-bond donors (Lipinski definition) is 2. The van der Waals surface area contributed by atoms with Gasteiger partial charge in [-0.25, -0.2) is 0 Å². The fraction of sp³-hybridized carbons (Fsp3) is 0.917. The van der Waals surface area contributed by atoms with Crippen molar-refractivity contribution in [3.63, 3.8) is 0 Å². The Morgan fingerprint density at radius 2 is 2.07 bits per heavy atom. The van der Waals surface area contributed by atoms with Crippen LogP contribution in [0.1, 0.15) is 40.0 Å². The maximum Gasteiger partial charge on any atom is 0.226 e. The highest BCUT2D eigenvalue weighted by Gasteiger charge is 2.40. The zero-order valence-electron chi connectivity index (χ0n) is 9.97. The van der Waals surface area contributed by atoms with Crippen LogP contribution in [-0.4, -0.2) is 18.6 Å². The van der Waals surface area contributed by atoms with Crippen molar-refractivity contribution in [2.24, 2.45) is 17.3 Å². The molecular weight excluding hydrogens is 188 g/mol. The molecule has 86 valence electrons. The first-order valence-electron chi connectivity index (χ1n) is 6.03. The first-order chi connectivity index (χ1) is 6.98. The summed E-state index contributed by atoms with van der Waals surface area (Å²) in [6.07, 6.45) is 4.16. The van der Waals surface area contributed by atoms with Gasteiger partial charge in [-0.2, -0.15) is 0 Å². The van der Waals surface area contributed by atoms with E-state index in [-0.39, 0.29) is 17.5 Å². The molecule has 2 rings (SSSR count). The summed E-state index contributed by atoms with van der Waals surface area (Å²) in [6, 6.07) is 0. The summed E-state index contributed by atoms with van der Waals surface area (Å²) in [5.41, 5.74) is -0.279. The zero-order valence-corrected chi connectivity index (χ0v) is 9.97. The molecule has 1 saturated carbocycles. The lowest BCUT2D eigenvalue weighted by atomic mass is 9.93. The van der Waals surface area contributed by atoms with Crippen LogP contribution in [0.4, 0.5) is 0 Å². The second-order valence-corrected chi connectivity index (χ2v) is 5.96. The van der Waals surface area contributed by atoms with Gasteiger partial charge >= 0.3 is 0 Å². The summed E-state index contributed by atoms with van der Waals surface area (Å²) in [5, 5.41) is 6.57. The molecule has 0 aromatic carbocycles. The summed E-state index contributed by atoms with van der Waals surface area (Å²) in [5.74, 6) is 1.64. The molecule has 15 heavy (non-hydrogen) atoms. The van der Waals surface area contributed by atoms with Gasteiger partial charge in [0.1, 0.15) is 0 Å². The van der Waals surface area contributed by atoms with Gasteiger partial charge in [0.2, 0.25) is 5.91 Å². The molecule has 0 aromatic rings. The quantitative estimate of drug-likeness (QED) is 0.688. The topological polar surface area (TPSA) is 41.1 Å². The Bertz CT molecular complexity index is 257. The highest BCUT2D eigenvalue weighted by atomic mass is 16.2. The van der Waals surface area contributed by atoms with Crippen LogP contribution in [0.25, 0.3) is 0 Å². The zero-order chi connectivity index (χ0) is 11.1. The van der Waals surface area contributed by atoms with E-state index in [0.29, 0.717) is 5.92 Å². The van der Waals surface area contributed by atoms with Crippen LogP contribution >= 0.6 is 0 Å². The Balaban J connectivity index is 1.93. The lowest BCUT2D eigenvalue weighted by Gasteiger charge is -2.25. The van der Waals surface area contributed by atoms with E-state index >= 15 is 0 Å². The molecule has 0 spiro atoms. The fourth-order valence-corrected chi connectivity index (χ4v) is 2.70. The third-order valence-electron chi connectivity index (χ3n) is 3.71. The molecule has 0 aromatic heterocycles. The van der Waals surface area contributed by atoms with Gasteiger partial charge in [-0.05, 0) is 24.7 Å². The van der Waals surface area contributed by atoms with Gasteiger partial charge in [0.15, 0.2) is 0 Å². The van der Waals surface area contributed by atoms with E-state index in [2.05, 4.69) is 10.6 Å². The van der Waals surface area contributed by atoms with Crippen molar-refractivity contribution in [3.8, 4) is 0 Å². The average molecular weight is 210 g/mol. The minimum absolute atomic E-state index is 0.160. The number of carbonyl (C=O) groups excluding carboxylic acids is 1. The predicted molar refractivity (Wildman–Crippen MR) is 60.2 cm³/mol. The number of hydrogen-bond acceptors (Lipinski definition) is 2. The third kappa shape index (κ3) is 2.17. The second kappa shape index (κ2) is 3.78. The average Bonchev–Trinajstić information content (AvgIpc) is 2.67. The highest BCUT2D eigenvalue weighted by Crippen LogP contribution is 2.37. The van der Waals surface area contributed by atoms with Gasteiger partial charge in [0.05, 0.1) is 6.17 Å². The summed E-state index contributed by atoms with van der Waals surface area (Å²) in [7, 11) is 0. The minimum Gasteiger partial charge on any atom is -0.340 e. The van der Waals surface area contributed by atoms with Crippen molar-refractivity contribution in [2.45, 2.75) is 46.2 Å². The predicted octanol–water partition coefficient (Wildman–Crippen LogP) is 1.49. The Morgan fingerprint density at radius 3 is 2.73 bits per heavy atom. The van der Waals surface area contributed by atoms with Gasteiger partial charge in [-0.1, -0.05) is 27.2 Å². The first kappa shape index (κ1) is 10.9. The standard InChI is InChI=1S/C12H22N2O/c1-12(2,3)11(15)14-10-9-6-4-5-8(9)7-13-10/h8-10,13H,4-7H2,1-3H3,(H,14,15). The molecule has 3 atom stereocenters. The Kier molecular flexibility index (Phi) is 2.75. The van der Waals surface area contributed by atoms with Crippen molar-refractivity contribution < 1.29 is 4.79 Å². The Morgan fingerprint density at radius 1 is 1.33 bits per heavy atom. The van der Waals surface area contributed by atoms with E-state index in [1.807, 2.05) is 20.8 Å². The molecule has 0 radical (unpaired) electrons. The van der Waals surface area contributed by atoms with Gasteiger partial charge in [-0.15, -0.1) is 0 Å². The molecular formula is C12H22N2O. The fourth-order valence-electron chi connectivity index (χ4n) is 2.70. The van der Waals surface area contributed by atoms with E-state index in [0.717, 1.165) is 12.5 Å². The summed E-state index contributed by atoms with van der Waals surface area (Å²) < 4.78 is 0. The molecule has 1 aliphatic carbocycles. The molecule has 3 unspecified atom stereocenters. The van der Waals surface area contributed by atoms with Crippen LogP contribution < -0.4 is 10.6 Å². The van der Waals surface area contributed by atoms with Crippen molar-refractivity contribution in [2.75, 3.05) is 6.54 Å². The van der Waals surface area contributed by atoms with Crippen molar-refractivity contribution in [3.05, 3.63) is 0 Å². The highest BCUT2D eigenvalue weighted by molar-refractivity contribution is 5.81.